The summed E-state index contributed by atoms with van der Waals surface area (Å²) in [5.74, 6) is -0.147. The summed E-state index contributed by atoms with van der Waals surface area (Å²) < 4.78 is 32.5. The number of sulfonamides is 1. The van der Waals surface area contributed by atoms with E-state index >= 15 is 0 Å². The SMILES string of the molecule is COc1ccc(S(=O)(=O)NC2CC2)cc1NC(=O)CCNC(=O)C(C)(C)C. The molecule has 0 aliphatic heterocycles. The van der Waals surface area contributed by atoms with Gasteiger partial charge in [-0.1, -0.05) is 20.8 Å². The second-order valence-corrected chi connectivity index (χ2v) is 9.28. The van der Waals surface area contributed by atoms with Crippen molar-refractivity contribution >= 4 is 27.5 Å². The number of nitrogens with one attached hydrogen (secondary N) is 3. The van der Waals surface area contributed by atoms with Crippen LogP contribution in [0.25, 0.3) is 0 Å². The van der Waals surface area contributed by atoms with Gasteiger partial charge < -0.3 is 15.4 Å². The fraction of sp³-hybridized carbons (Fsp3) is 0.556. The highest BCUT2D eigenvalue weighted by Gasteiger charge is 2.28. The van der Waals surface area contributed by atoms with E-state index in [0.29, 0.717) is 5.75 Å². The average Bonchev–Trinajstić information content (AvgIpc) is 3.37. The Balaban J connectivity index is 2.02. The molecule has 1 saturated carbocycles. The van der Waals surface area contributed by atoms with Crippen molar-refractivity contribution in [3.63, 3.8) is 0 Å². The summed E-state index contributed by atoms with van der Waals surface area (Å²) in [4.78, 5) is 24.1. The lowest BCUT2D eigenvalue weighted by Gasteiger charge is -2.17. The highest BCUT2D eigenvalue weighted by Crippen LogP contribution is 2.29. The summed E-state index contributed by atoms with van der Waals surface area (Å²) in [6.07, 6.45) is 1.72. The number of ether oxygens (including phenoxy) is 1. The van der Waals surface area contributed by atoms with Gasteiger partial charge in [0.15, 0.2) is 0 Å². The van der Waals surface area contributed by atoms with Crippen LogP contribution in [0.5, 0.6) is 5.75 Å². The van der Waals surface area contributed by atoms with Crippen LogP contribution in [-0.4, -0.2) is 39.9 Å². The predicted octanol–water partition coefficient (Wildman–Crippen LogP) is 1.63. The number of rotatable bonds is 8. The Bertz CT molecular complexity index is 811. The topological polar surface area (TPSA) is 114 Å². The van der Waals surface area contributed by atoms with Gasteiger partial charge in [0.05, 0.1) is 17.7 Å². The maximum atomic E-state index is 12.3. The van der Waals surface area contributed by atoms with Crippen molar-refractivity contribution in [2.45, 2.75) is 51.0 Å². The van der Waals surface area contributed by atoms with E-state index in [4.69, 9.17) is 4.74 Å². The van der Waals surface area contributed by atoms with Crippen LogP contribution in [0.1, 0.15) is 40.0 Å². The summed E-state index contributed by atoms with van der Waals surface area (Å²) in [5.41, 5.74) is -0.264. The molecule has 0 aromatic heterocycles. The molecule has 0 radical (unpaired) electrons. The van der Waals surface area contributed by atoms with Crippen molar-refractivity contribution in [1.29, 1.82) is 0 Å². The van der Waals surface area contributed by atoms with Crippen LogP contribution in [0.2, 0.25) is 0 Å². The number of carbonyl (C=O) groups is 2. The first-order valence-electron chi connectivity index (χ1n) is 8.81. The van der Waals surface area contributed by atoms with Crippen molar-refractivity contribution in [2.24, 2.45) is 5.41 Å². The van der Waals surface area contributed by atoms with Gasteiger partial charge in [-0.2, -0.15) is 0 Å². The molecule has 0 atom stereocenters. The van der Waals surface area contributed by atoms with Crippen molar-refractivity contribution in [1.82, 2.24) is 10.0 Å². The minimum absolute atomic E-state index is 0.0124. The number of methoxy groups -OCH3 is 1. The normalized spacial score (nSPS) is 14.5. The Hall–Kier alpha value is -2.13. The number of amides is 2. The molecule has 1 aliphatic carbocycles. The molecule has 0 saturated heterocycles. The largest absolute Gasteiger partial charge is 0.495 e. The molecular formula is C18H27N3O5S. The van der Waals surface area contributed by atoms with Crippen LogP contribution in [0, 0.1) is 5.41 Å². The number of hydrogen-bond acceptors (Lipinski definition) is 5. The third kappa shape index (κ3) is 6.21. The third-order valence-corrected chi connectivity index (χ3v) is 5.49. The molecule has 1 aliphatic rings. The quantitative estimate of drug-likeness (QED) is 0.617. The summed E-state index contributed by atoms with van der Waals surface area (Å²) in [6, 6.07) is 4.29. The highest BCUT2D eigenvalue weighted by molar-refractivity contribution is 7.89. The minimum atomic E-state index is -3.64. The first-order chi connectivity index (χ1) is 12.5. The maximum Gasteiger partial charge on any atom is 0.240 e. The summed E-state index contributed by atoms with van der Waals surface area (Å²) in [5, 5.41) is 5.34. The van der Waals surface area contributed by atoms with Gasteiger partial charge in [-0.25, -0.2) is 13.1 Å². The van der Waals surface area contributed by atoms with Crippen molar-refractivity contribution in [2.75, 3.05) is 19.0 Å². The van der Waals surface area contributed by atoms with Crippen LogP contribution in [0.3, 0.4) is 0 Å². The summed E-state index contributed by atoms with van der Waals surface area (Å²) >= 11 is 0. The van der Waals surface area contributed by atoms with Crippen LogP contribution in [0.4, 0.5) is 5.69 Å². The Morgan fingerprint density at radius 3 is 2.44 bits per heavy atom. The van der Waals surface area contributed by atoms with Crippen molar-refractivity contribution < 1.29 is 22.7 Å². The molecule has 0 bridgehead atoms. The lowest BCUT2D eigenvalue weighted by atomic mass is 9.96. The zero-order valence-electron chi connectivity index (χ0n) is 16.1. The van der Waals surface area contributed by atoms with Gasteiger partial charge in [-0.15, -0.1) is 0 Å². The second-order valence-electron chi connectivity index (χ2n) is 7.56. The molecule has 27 heavy (non-hydrogen) atoms. The van der Waals surface area contributed by atoms with Gasteiger partial charge >= 0.3 is 0 Å². The van der Waals surface area contributed by atoms with Gasteiger partial charge in [0, 0.05) is 24.4 Å². The lowest BCUT2D eigenvalue weighted by Crippen LogP contribution is -2.36. The number of hydrogen-bond donors (Lipinski definition) is 3. The fourth-order valence-electron chi connectivity index (χ4n) is 2.21. The zero-order valence-corrected chi connectivity index (χ0v) is 16.9. The highest BCUT2D eigenvalue weighted by atomic mass is 32.2. The molecule has 1 fully saturated rings. The zero-order chi connectivity index (χ0) is 20.2. The van der Waals surface area contributed by atoms with E-state index in [1.165, 1.54) is 25.3 Å². The van der Waals surface area contributed by atoms with Crippen LogP contribution in [-0.2, 0) is 19.6 Å². The molecule has 0 unspecified atom stereocenters. The number of benzene rings is 1. The van der Waals surface area contributed by atoms with E-state index in [9.17, 15) is 18.0 Å². The molecule has 0 spiro atoms. The number of anilines is 1. The third-order valence-electron chi connectivity index (χ3n) is 3.97. The molecule has 2 amide bonds. The Kier molecular flexibility index (Phi) is 6.48. The molecule has 0 heterocycles. The van der Waals surface area contributed by atoms with Crippen LogP contribution in [0.15, 0.2) is 23.1 Å². The summed E-state index contributed by atoms with van der Waals surface area (Å²) in [6.45, 7) is 5.55. The van der Waals surface area contributed by atoms with Gasteiger partial charge in [0.25, 0.3) is 0 Å². The van der Waals surface area contributed by atoms with E-state index in [1.807, 2.05) is 0 Å². The molecule has 2 rings (SSSR count). The molecule has 9 heteroatoms. The maximum absolute atomic E-state index is 12.3. The standard InChI is InChI=1S/C18H27N3O5S/c1-18(2,3)17(23)19-10-9-16(22)20-14-11-13(7-8-15(14)26-4)27(24,25)21-12-5-6-12/h7-8,11-12,21H,5-6,9-10H2,1-4H3,(H,19,23)(H,20,22). The first-order valence-corrected chi connectivity index (χ1v) is 10.3. The van der Waals surface area contributed by atoms with Crippen LogP contribution < -0.4 is 20.1 Å². The van der Waals surface area contributed by atoms with Gasteiger partial charge in [-0.05, 0) is 31.0 Å². The second kappa shape index (κ2) is 8.26. The first kappa shape index (κ1) is 21.2. The van der Waals surface area contributed by atoms with E-state index in [0.717, 1.165) is 12.8 Å². The number of carbonyl (C=O) groups excluding carboxylic acids is 2. The molecular weight excluding hydrogens is 370 g/mol. The smallest absolute Gasteiger partial charge is 0.240 e. The van der Waals surface area contributed by atoms with Crippen LogP contribution >= 0.6 is 0 Å². The average molecular weight is 397 g/mol. The predicted molar refractivity (Wildman–Crippen MR) is 102 cm³/mol. The van der Waals surface area contributed by atoms with E-state index < -0.39 is 15.4 Å². The lowest BCUT2D eigenvalue weighted by molar-refractivity contribution is -0.128. The van der Waals surface area contributed by atoms with Crippen molar-refractivity contribution in [3.8, 4) is 5.75 Å². The molecule has 1 aromatic rings. The van der Waals surface area contributed by atoms with E-state index in [-0.39, 0.29) is 41.4 Å². The Labute approximate surface area is 160 Å². The Morgan fingerprint density at radius 2 is 1.89 bits per heavy atom. The molecule has 3 N–H and O–H groups in total. The van der Waals surface area contributed by atoms with Gasteiger partial charge in [0.2, 0.25) is 21.8 Å². The van der Waals surface area contributed by atoms with Crippen molar-refractivity contribution in [3.05, 3.63) is 18.2 Å². The van der Waals surface area contributed by atoms with Gasteiger partial charge in [0.1, 0.15) is 5.75 Å². The van der Waals surface area contributed by atoms with E-state index in [2.05, 4.69) is 15.4 Å². The van der Waals surface area contributed by atoms with E-state index in [1.54, 1.807) is 20.8 Å². The molecule has 1 aromatic carbocycles. The fourth-order valence-corrected chi connectivity index (χ4v) is 3.54. The minimum Gasteiger partial charge on any atom is -0.495 e. The summed E-state index contributed by atoms with van der Waals surface area (Å²) in [7, 11) is -2.20. The van der Waals surface area contributed by atoms with Gasteiger partial charge in [-0.3, -0.25) is 9.59 Å². The molecule has 150 valence electrons. The Morgan fingerprint density at radius 1 is 1.22 bits per heavy atom. The monoisotopic (exact) mass is 397 g/mol. The molecule has 8 nitrogen and oxygen atoms in total.